The maximum Gasteiger partial charge on any atom is 0.258 e. The van der Waals surface area contributed by atoms with Crippen molar-refractivity contribution in [3.05, 3.63) is 29.8 Å². The molecular weight excluding hydrogens is 368 g/mol. The lowest BCUT2D eigenvalue weighted by molar-refractivity contribution is -0.123. The molecule has 0 saturated heterocycles. The number of unbranched alkanes of at least 4 members (excludes halogenated alkanes) is 1. The Balaban J connectivity index is 1.55. The molecule has 1 saturated carbocycles. The smallest absolute Gasteiger partial charge is 0.258 e. The quantitative estimate of drug-likeness (QED) is 0.252. The fourth-order valence-electron chi connectivity index (χ4n) is 2.67. The lowest BCUT2D eigenvalue weighted by Crippen LogP contribution is -2.39. The van der Waals surface area contributed by atoms with E-state index < -0.39 is 0 Å². The largest absolute Gasteiger partial charge is 0.484 e. The van der Waals surface area contributed by atoms with E-state index in [1.54, 1.807) is 7.05 Å². The number of nitrogens with zero attached hydrogens (tertiary/aromatic N) is 1. The van der Waals surface area contributed by atoms with Crippen molar-refractivity contribution in [3.8, 4) is 5.75 Å². The first-order valence-electron chi connectivity index (χ1n) is 10.7. The van der Waals surface area contributed by atoms with E-state index >= 15 is 0 Å². The van der Waals surface area contributed by atoms with Gasteiger partial charge in [-0.2, -0.15) is 0 Å². The van der Waals surface area contributed by atoms with Crippen LogP contribution in [0.15, 0.2) is 29.3 Å². The highest BCUT2D eigenvalue weighted by molar-refractivity contribution is 5.79. The fraction of sp³-hybridized carbons (Fsp3) is 0.636. The van der Waals surface area contributed by atoms with E-state index in [9.17, 15) is 4.79 Å². The van der Waals surface area contributed by atoms with Gasteiger partial charge in [-0.05, 0) is 49.8 Å². The monoisotopic (exact) mass is 404 g/mol. The second kappa shape index (κ2) is 13.8. The molecule has 1 fully saturated rings. The summed E-state index contributed by atoms with van der Waals surface area (Å²) in [5.41, 5.74) is 1.20. The topological polar surface area (TPSA) is 84.0 Å². The number of carbonyl (C=O) groups excluding carboxylic acids is 1. The second-order valence-corrected chi connectivity index (χ2v) is 7.27. The fourth-order valence-corrected chi connectivity index (χ4v) is 2.67. The van der Waals surface area contributed by atoms with Gasteiger partial charge in [0, 0.05) is 39.4 Å². The van der Waals surface area contributed by atoms with Crippen LogP contribution in [-0.4, -0.2) is 57.9 Å². The summed E-state index contributed by atoms with van der Waals surface area (Å²) in [6.07, 6.45) is 6.30. The van der Waals surface area contributed by atoms with Crippen LogP contribution in [0.25, 0.3) is 0 Å². The van der Waals surface area contributed by atoms with Crippen molar-refractivity contribution in [2.24, 2.45) is 4.99 Å². The third kappa shape index (κ3) is 10.7. The van der Waals surface area contributed by atoms with Crippen molar-refractivity contribution in [1.29, 1.82) is 0 Å². The zero-order valence-corrected chi connectivity index (χ0v) is 17.8. The molecule has 7 heteroatoms. The second-order valence-electron chi connectivity index (χ2n) is 7.27. The van der Waals surface area contributed by atoms with Gasteiger partial charge in [-0.1, -0.05) is 25.5 Å². The lowest BCUT2D eigenvalue weighted by atomic mass is 10.1. The summed E-state index contributed by atoms with van der Waals surface area (Å²) in [7, 11) is 1.78. The lowest BCUT2D eigenvalue weighted by Gasteiger charge is -2.12. The van der Waals surface area contributed by atoms with Gasteiger partial charge in [0.1, 0.15) is 5.75 Å². The Morgan fingerprint density at radius 2 is 1.83 bits per heavy atom. The van der Waals surface area contributed by atoms with Gasteiger partial charge in [-0.25, -0.2) is 0 Å². The van der Waals surface area contributed by atoms with E-state index in [0.717, 1.165) is 64.4 Å². The zero-order valence-electron chi connectivity index (χ0n) is 17.8. The highest BCUT2D eigenvalue weighted by atomic mass is 16.5. The van der Waals surface area contributed by atoms with Crippen molar-refractivity contribution >= 4 is 11.9 Å². The number of guanidine groups is 1. The normalized spacial score (nSPS) is 13.8. The molecule has 0 radical (unpaired) electrons. The van der Waals surface area contributed by atoms with Gasteiger partial charge < -0.3 is 25.4 Å². The summed E-state index contributed by atoms with van der Waals surface area (Å²) in [6, 6.07) is 8.24. The van der Waals surface area contributed by atoms with Crippen LogP contribution in [0, 0.1) is 0 Å². The first kappa shape index (κ1) is 23.0. The van der Waals surface area contributed by atoms with Crippen LogP contribution in [-0.2, 0) is 16.0 Å². The minimum absolute atomic E-state index is 0.0489. The molecule has 1 aromatic rings. The highest BCUT2D eigenvalue weighted by Crippen LogP contribution is 2.18. The molecule has 1 aliphatic rings. The number of benzene rings is 1. The molecule has 0 aliphatic heterocycles. The van der Waals surface area contributed by atoms with E-state index in [4.69, 9.17) is 9.47 Å². The predicted molar refractivity (Wildman–Crippen MR) is 117 cm³/mol. The molecule has 0 bridgehead atoms. The number of ether oxygens (including phenoxy) is 2. The van der Waals surface area contributed by atoms with Crippen LogP contribution in [0.4, 0.5) is 0 Å². The minimum Gasteiger partial charge on any atom is -0.484 e. The number of rotatable bonds is 14. The van der Waals surface area contributed by atoms with Gasteiger partial charge in [-0.15, -0.1) is 0 Å². The molecule has 1 aliphatic carbocycles. The highest BCUT2D eigenvalue weighted by Gasteiger charge is 2.23. The van der Waals surface area contributed by atoms with Crippen LogP contribution in [0.2, 0.25) is 0 Å². The number of nitrogens with one attached hydrogen (secondary N) is 3. The molecule has 1 amide bonds. The Bertz CT molecular complexity index is 615. The molecule has 0 unspecified atom stereocenters. The Hall–Kier alpha value is -2.28. The number of amides is 1. The maximum atomic E-state index is 11.7. The molecule has 0 heterocycles. The average molecular weight is 405 g/mol. The summed E-state index contributed by atoms with van der Waals surface area (Å²) < 4.78 is 11.1. The number of hydrogen-bond donors (Lipinski definition) is 3. The van der Waals surface area contributed by atoms with Crippen molar-refractivity contribution in [2.45, 2.75) is 51.5 Å². The molecule has 29 heavy (non-hydrogen) atoms. The van der Waals surface area contributed by atoms with Crippen LogP contribution in [0.3, 0.4) is 0 Å². The van der Waals surface area contributed by atoms with Gasteiger partial charge in [0.25, 0.3) is 5.91 Å². The van der Waals surface area contributed by atoms with Gasteiger partial charge in [-0.3, -0.25) is 9.79 Å². The Labute approximate surface area is 174 Å². The van der Waals surface area contributed by atoms with Crippen LogP contribution >= 0.6 is 0 Å². The first-order valence-corrected chi connectivity index (χ1v) is 10.7. The summed E-state index contributed by atoms with van der Waals surface area (Å²) >= 11 is 0. The van der Waals surface area contributed by atoms with E-state index in [-0.39, 0.29) is 12.5 Å². The molecule has 0 atom stereocenters. The Kier molecular flexibility index (Phi) is 11.0. The third-order valence-electron chi connectivity index (χ3n) is 4.57. The van der Waals surface area contributed by atoms with E-state index in [1.165, 1.54) is 12.0 Å². The standard InChI is InChI=1S/C22H36N4O3/c1-3-4-15-28-16-5-13-24-22(23-2)25-14-12-18-6-10-20(11-7-18)29-17-21(27)26-19-8-9-19/h6-7,10-11,19H,3-5,8-9,12-17H2,1-2H3,(H,26,27)(H2,23,24,25). The van der Waals surface area contributed by atoms with Gasteiger partial charge in [0.2, 0.25) is 0 Å². The minimum atomic E-state index is -0.0489. The SMILES string of the molecule is CCCCOCCCNC(=NC)NCCc1ccc(OCC(=O)NC2CC2)cc1. The molecule has 1 aromatic carbocycles. The average Bonchev–Trinajstić information content (AvgIpc) is 3.55. The molecular formula is C22H36N4O3. The molecule has 162 valence electrons. The molecule has 7 nitrogen and oxygen atoms in total. The van der Waals surface area contributed by atoms with Gasteiger partial charge in [0.15, 0.2) is 12.6 Å². The van der Waals surface area contributed by atoms with Crippen molar-refractivity contribution in [1.82, 2.24) is 16.0 Å². The van der Waals surface area contributed by atoms with Crippen LogP contribution in [0.5, 0.6) is 5.75 Å². The predicted octanol–water partition coefficient (Wildman–Crippen LogP) is 2.26. The first-order chi connectivity index (χ1) is 14.2. The van der Waals surface area contributed by atoms with Gasteiger partial charge in [0.05, 0.1) is 0 Å². The summed E-state index contributed by atoms with van der Waals surface area (Å²) in [4.78, 5) is 15.9. The van der Waals surface area contributed by atoms with E-state index in [2.05, 4.69) is 27.9 Å². The summed E-state index contributed by atoms with van der Waals surface area (Å²) in [5, 5.41) is 9.54. The Morgan fingerprint density at radius 3 is 2.52 bits per heavy atom. The Morgan fingerprint density at radius 1 is 1.10 bits per heavy atom. The van der Waals surface area contributed by atoms with E-state index in [0.29, 0.717) is 11.8 Å². The molecule has 0 spiro atoms. The molecule has 3 N–H and O–H groups in total. The zero-order chi connectivity index (χ0) is 20.7. The van der Waals surface area contributed by atoms with Crippen molar-refractivity contribution in [3.63, 3.8) is 0 Å². The van der Waals surface area contributed by atoms with Crippen LogP contribution in [0.1, 0.15) is 44.6 Å². The third-order valence-corrected chi connectivity index (χ3v) is 4.57. The number of hydrogen-bond acceptors (Lipinski definition) is 4. The molecule has 0 aromatic heterocycles. The van der Waals surface area contributed by atoms with Crippen LogP contribution < -0.4 is 20.7 Å². The van der Waals surface area contributed by atoms with Crippen molar-refractivity contribution in [2.75, 3.05) is 40.0 Å². The van der Waals surface area contributed by atoms with Gasteiger partial charge >= 0.3 is 0 Å². The van der Waals surface area contributed by atoms with Crippen molar-refractivity contribution < 1.29 is 14.3 Å². The summed E-state index contributed by atoms with van der Waals surface area (Å²) in [6.45, 7) is 5.49. The molecule has 2 rings (SSSR count). The summed E-state index contributed by atoms with van der Waals surface area (Å²) in [5.74, 6) is 1.47. The van der Waals surface area contributed by atoms with E-state index in [1.807, 2.05) is 24.3 Å². The number of carbonyl (C=O) groups is 1. The maximum absolute atomic E-state index is 11.7. The number of aliphatic imine (C=N–C) groups is 1.